The van der Waals surface area contributed by atoms with Gasteiger partial charge in [-0.15, -0.1) is 0 Å². The molecule has 1 aliphatic rings. The molecule has 5 heteroatoms. The van der Waals surface area contributed by atoms with E-state index in [0.717, 1.165) is 23.2 Å². The van der Waals surface area contributed by atoms with Crippen molar-refractivity contribution in [3.8, 4) is 0 Å². The molecular formula is C17H22N2O3. The lowest BCUT2D eigenvalue weighted by Gasteiger charge is -2.22. The number of aromatic amines is 1. The van der Waals surface area contributed by atoms with E-state index in [1.807, 2.05) is 31.2 Å². The lowest BCUT2D eigenvalue weighted by Crippen LogP contribution is -2.34. The molecule has 1 aromatic carbocycles. The number of hydrogen-bond donors (Lipinski definition) is 3. The van der Waals surface area contributed by atoms with Gasteiger partial charge in [-0.3, -0.25) is 9.69 Å². The highest BCUT2D eigenvalue weighted by atomic mass is 16.3. The third kappa shape index (κ3) is 2.92. The van der Waals surface area contributed by atoms with Gasteiger partial charge in [0.1, 0.15) is 0 Å². The van der Waals surface area contributed by atoms with Crippen molar-refractivity contribution in [1.82, 2.24) is 9.88 Å². The van der Waals surface area contributed by atoms with Crippen molar-refractivity contribution < 1.29 is 10.2 Å². The fourth-order valence-electron chi connectivity index (χ4n) is 3.31. The highest BCUT2D eigenvalue weighted by Gasteiger charge is 2.29. The Kier molecular flexibility index (Phi) is 4.29. The number of nitrogens with zero attached hydrogens (tertiary/aromatic N) is 1. The largest absolute Gasteiger partial charge is 0.395 e. The van der Waals surface area contributed by atoms with Crippen LogP contribution in [0.4, 0.5) is 0 Å². The van der Waals surface area contributed by atoms with Gasteiger partial charge in [0.2, 0.25) is 0 Å². The number of H-pyrrole nitrogens is 1. The minimum absolute atomic E-state index is 0.0175. The van der Waals surface area contributed by atoms with Crippen LogP contribution in [0.15, 0.2) is 29.1 Å². The SMILES string of the molecule is Cc1cccc2c(=O)[nH]c(CCN3C[C@@H](O)C[C@H]3CO)cc12. The molecule has 2 aromatic rings. The molecule has 0 saturated carbocycles. The fourth-order valence-corrected chi connectivity index (χ4v) is 3.31. The van der Waals surface area contributed by atoms with Gasteiger partial charge in [0.05, 0.1) is 12.7 Å². The molecule has 0 aliphatic carbocycles. The van der Waals surface area contributed by atoms with Crippen molar-refractivity contribution in [2.75, 3.05) is 19.7 Å². The fraction of sp³-hybridized carbons (Fsp3) is 0.471. The average Bonchev–Trinajstić information content (AvgIpc) is 2.86. The normalized spacial score (nSPS) is 22.5. The molecule has 1 saturated heterocycles. The zero-order valence-electron chi connectivity index (χ0n) is 12.7. The molecule has 3 rings (SSSR count). The summed E-state index contributed by atoms with van der Waals surface area (Å²) in [5, 5.41) is 20.8. The minimum Gasteiger partial charge on any atom is -0.395 e. The van der Waals surface area contributed by atoms with Gasteiger partial charge in [0.25, 0.3) is 5.56 Å². The third-order valence-corrected chi connectivity index (χ3v) is 4.55. The Bertz CT molecular complexity index is 725. The number of β-amino-alcohol motifs (C(OH)–C–C–N with tert-alkyl or cyclic N) is 1. The summed E-state index contributed by atoms with van der Waals surface area (Å²) in [6.07, 6.45) is 0.946. The predicted molar refractivity (Wildman–Crippen MR) is 86.1 cm³/mol. The molecule has 0 bridgehead atoms. The average molecular weight is 302 g/mol. The molecule has 3 N–H and O–H groups in total. The summed E-state index contributed by atoms with van der Waals surface area (Å²) >= 11 is 0. The van der Waals surface area contributed by atoms with Gasteiger partial charge in [-0.1, -0.05) is 12.1 Å². The van der Waals surface area contributed by atoms with E-state index in [-0.39, 0.29) is 24.3 Å². The Labute approximate surface area is 129 Å². The van der Waals surface area contributed by atoms with Crippen LogP contribution in [0.2, 0.25) is 0 Å². The first-order valence-corrected chi connectivity index (χ1v) is 7.73. The maximum absolute atomic E-state index is 12.2. The number of aromatic nitrogens is 1. The Morgan fingerprint density at radius 1 is 1.36 bits per heavy atom. The van der Waals surface area contributed by atoms with Gasteiger partial charge >= 0.3 is 0 Å². The molecule has 118 valence electrons. The predicted octanol–water partition coefficient (Wildman–Crippen LogP) is 0.807. The van der Waals surface area contributed by atoms with Crippen LogP contribution in [-0.2, 0) is 6.42 Å². The Balaban J connectivity index is 1.80. The Morgan fingerprint density at radius 2 is 2.18 bits per heavy atom. The summed E-state index contributed by atoms with van der Waals surface area (Å²) in [7, 11) is 0. The van der Waals surface area contributed by atoms with E-state index in [2.05, 4.69) is 9.88 Å². The van der Waals surface area contributed by atoms with Crippen molar-refractivity contribution in [3.05, 3.63) is 45.9 Å². The molecule has 0 radical (unpaired) electrons. The van der Waals surface area contributed by atoms with Crippen LogP contribution in [0.1, 0.15) is 17.7 Å². The van der Waals surface area contributed by atoms with Crippen molar-refractivity contribution in [2.45, 2.75) is 31.9 Å². The summed E-state index contributed by atoms with van der Waals surface area (Å²) in [4.78, 5) is 17.2. The quantitative estimate of drug-likeness (QED) is 0.781. The first-order valence-electron chi connectivity index (χ1n) is 7.73. The zero-order valence-corrected chi connectivity index (χ0v) is 12.7. The smallest absolute Gasteiger partial charge is 0.256 e. The molecule has 1 fully saturated rings. The highest BCUT2D eigenvalue weighted by Crippen LogP contribution is 2.19. The molecular weight excluding hydrogens is 280 g/mol. The monoisotopic (exact) mass is 302 g/mol. The second-order valence-electron chi connectivity index (χ2n) is 6.13. The van der Waals surface area contributed by atoms with Gasteiger partial charge in [-0.2, -0.15) is 0 Å². The van der Waals surface area contributed by atoms with Crippen molar-refractivity contribution >= 4 is 10.8 Å². The van der Waals surface area contributed by atoms with E-state index < -0.39 is 0 Å². The van der Waals surface area contributed by atoms with E-state index in [1.165, 1.54) is 0 Å². The van der Waals surface area contributed by atoms with Gasteiger partial charge < -0.3 is 15.2 Å². The van der Waals surface area contributed by atoms with Gasteiger partial charge in [0.15, 0.2) is 0 Å². The van der Waals surface area contributed by atoms with E-state index in [1.54, 1.807) is 0 Å². The third-order valence-electron chi connectivity index (χ3n) is 4.55. The molecule has 22 heavy (non-hydrogen) atoms. The lowest BCUT2D eigenvalue weighted by atomic mass is 10.1. The van der Waals surface area contributed by atoms with Crippen molar-refractivity contribution in [1.29, 1.82) is 0 Å². The number of rotatable bonds is 4. The number of likely N-dealkylation sites (tertiary alicyclic amines) is 1. The standard InChI is InChI=1S/C17H22N2O3/c1-11-3-2-4-15-16(11)7-12(18-17(15)22)5-6-19-9-14(21)8-13(19)10-20/h2-4,7,13-14,20-21H,5-6,8-10H2,1H3,(H,18,22)/t13-,14-/m0/s1. The lowest BCUT2D eigenvalue weighted by molar-refractivity contribution is 0.156. The Morgan fingerprint density at radius 3 is 2.95 bits per heavy atom. The second kappa shape index (κ2) is 6.20. The maximum atomic E-state index is 12.2. The molecule has 0 spiro atoms. The van der Waals surface area contributed by atoms with Crippen LogP contribution >= 0.6 is 0 Å². The van der Waals surface area contributed by atoms with Crippen molar-refractivity contribution in [2.24, 2.45) is 0 Å². The number of nitrogens with one attached hydrogen (secondary N) is 1. The summed E-state index contributed by atoms with van der Waals surface area (Å²) in [6, 6.07) is 7.79. The highest BCUT2D eigenvalue weighted by molar-refractivity contribution is 5.84. The molecule has 2 heterocycles. The minimum atomic E-state index is -0.366. The summed E-state index contributed by atoms with van der Waals surface area (Å²) in [5.74, 6) is 0. The number of aryl methyl sites for hydroxylation is 1. The number of aliphatic hydroxyl groups excluding tert-OH is 2. The molecule has 5 nitrogen and oxygen atoms in total. The van der Waals surface area contributed by atoms with Crippen LogP contribution in [0.5, 0.6) is 0 Å². The number of pyridine rings is 1. The van der Waals surface area contributed by atoms with E-state index >= 15 is 0 Å². The van der Waals surface area contributed by atoms with Gasteiger partial charge in [-0.25, -0.2) is 0 Å². The summed E-state index contributed by atoms with van der Waals surface area (Å²) < 4.78 is 0. The van der Waals surface area contributed by atoms with Crippen molar-refractivity contribution in [3.63, 3.8) is 0 Å². The summed E-state index contributed by atoms with van der Waals surface area (Å²) in [5.41, 5.74) is 1.93. The van der Waals surface area contributed by atoms with Crippen LogP contribution in [0.25, 0.3) is 10.8 Å². The molecule has 0 unspecified atom stereocenters. The van der Waals surface area contributed by atoms with E-state index in [0.29, 0.717) is 24.8 Å². The molecule has 2 atom stereocenters. The van der Waals surface area contributed by atoms with Crippen LogP contribution in [0.3, 0.4) is 0 Å². The number of fused-ring (bicyclic) bond motifs is 1. The zero-order chi connectivity index (χ0) is 15.7. The van der Waals surface area contributed by atoms with E-state index in [9.17, 15) is 15.0 Å². The summed E-state index contributed by atoms with van der Waals surface area (Å²) in [6.45, 7) is 3.37. The maximum Gasteiger partial charge on any atom is 0.256 e. The Hall–Kier alpha value is -1.69. The van der Waals surface area contributed by atoms with E-state index in [4.69, 9.17) is 0 Å². The number of hydrogen-bond acceptors (Lipinski definition) is 4. The topological polar surface area (TPSA) is 76.6 Å². The van der Waals surface area contributed by atoms with Crippen LogP contribution in [-0.4, -0.2) is 51.9 Å². The molecule has 1 aliphatic heterocycles. The second-order valence-corrected chi connectivity index (χ2v) is 6.13. The number of benzene rings is 1. The molecule has 1 aromatic heterocycles. The van der Waals surface area contributed by atoms with Crippen LogP contribution < -0.4 is 5.56 Å². The van der Waals surface area contributed by atoms with Gasteiger partial charge in [0, 0.05) is 36.6 Å². The number of aliphatic hydroxyl groups is 2. The van der Waals surface area contributed by atoms with Gasteiger partial charge in [-0.05, 0) is 36.4 Å². The van der Waals surface area contributed by atoms with Crippen LogP contribution in [0, 0.1) is 6.92 Å². The first-order chi connectivity index (χ1) is 10.6. The molecule has 0 amide bonds. The first kappa shape index (κ1) is 15.2.